The molecule has 28 heavy (non-hydrogen) atoms. The summed E-state index contributed by atoms with van der Waals surface area (Å²) < 4.78 is 22.0. The maximum Gasteiger partial charge on any atom is 0.164 e. The maximum atomic E-state index is 9.54. The molecule has 0 saturated carbocycles. The van der Waals surface area contributed by atoms with E-state index in [4.69, 9.17) is 29.2 Å². The van der Waals surface area contributed by atoms with Crippen LogP contribution in [0.3, 0.4) is 0 Å². The van der Waals surface area contributed by atoms with Gasteiger partial charge in [-0.25, -0.2) is 0 Å². The predicted octanol–water partition coefficient (Wildman–Crippen LogP) is -0.406. The van der Waals surface area contributed by atoms with Gasteiger partial charge < -0.3 is 39.4 Å². The van der Waals surface area contributed by atoms with Crippen molar-refractivity contribution >= 4 is 0 Å². The molecular formula is C18H28O8Y2. The molecule has 4 aliphatic rings. The van der Waals surface area contributed by atoms with E-state index < -0.39 is 23.8 Å². The molecule has 154 valence electrons. The molecule has 0 unspecified atom stereocenters. The summed E-state index contributed by atoms with van der Waals surface area (Å²) in [7, 11) is 0. The summed E-state index contributed by atoms with van der Waals surface area (Å²) in [6.45, 7) is 7.02. The smallest absolute Gasteiger partial charge is 0.164 e. The Hall–Kier alpha value is 1.37. The van der Waals surface area contributed by atoms with Crippen LogP contribution in [0.2, 0.25) is 0 Å². The SMILES string of the molecule is CC1(C)O[C@@H]2[C@H](O)C=C(CO)[C@@H]2O1.CC1(C)O[C@@H]2[C@H](O1)C(CO)=C[C@@H]2O.[Y].[Y]. The Morgan fingerprint density at radius 1 is 0.714 bits per heavy atom. The van der Waals surface area contributed by atoms with Crippen LogP contribution in [-0.2, 0) is 84.4 Å². The summed E-state index contributed by atoms with van der Waals surface area (Å²) in [5.74, 6) is -1.32. The van der Waals surface area contributed by atoms with Crippen LogP contribution in [-0.4, -0.2) is 81.8 Å². The van der Waals surface area contributed by atoms with Crippen molar-refractivity contribution in [2.45, 2.75) is 75.9 Å². The second kappa shape index (κ2) is 10.3. The topological polar surface area (TPSA) is 118 Å². The van der Waals surface area contributed by atoms with E-state index >= 15 is 0 Å². The largest absolute Gasteiger partial charge is 0.392 e. The van der Waals surface area contributed by atoms with Gasteiger partial charge in [-0.15, -0.1) is 0 Å². The Morgan fingerprint density at radius 2 is 1.04 bits per heavy atom. The molecule has 0 bridgehead atoms. The molecule has 0 aromatic rings. The first-order chi connectivity index (χ1) is 12.1. The van der Waals surface area contributed by atoms with Crippen LogP contribution >= 0.6 is 0 Å². The molecule has 0 spiro atoms. The fourth-order valence-corrected chi connectivity index (χ4v) is 3.75. The number of aliphatic hydroxyl groups is 4. The van der Waals surface area contributed by atoms with Gasteiger partial charge in [0.05, 0.1) is 13.2 Å². The molecule has 10 heteroatoms. The normalized spacial score (nSPS) is 38.9. The minimum atomic E-state index is -0.662. The fourth-order valence-electron chi connectivity index (χ4n) is 3.75. The molecule has 8 nitrogen and oxygen atoms in total. The molecular weight excluding hydrogens is 522 g/mol. The first kappa shape index (κ1) is 27.4. The summed E-state index contributed by atoms with van der Waals surface area (Å²) in [5.41, 5.74) is 1.42. The first-order valence-corrected chi connectivity index (χ1v) is 8.77. The number of hydrogen-bond acceptors (Lipinski definition) is 8. The summed E-state index contributed by atoms with van der Waals surface area (Å²) in [4.78, 5) is 0. The second-order valence-corrected chi connectivity index (χ2v) is 7.82. The monoisotopic (exact) mass is 550 g/mol. The van der Waals surface area contributed by atoms with Crippen molar-refractivity contribution in [3.05, 3.63) is 23.3 Å². The predicted molar refractivity (Wildman–Crippen MR) is 90.0 cm³/mol. The van der Waals surface area contributed by atoms with Gasteiger partial charge in [-0.05, 0) is 51.0 Å². The van der Waals surface area contributed by atoms with Gasteiger partial charge >= 0.3 is 0 Å². The van der Waals surface area contributed by atoms with E-state index in [0.29, 0.717) is 11.1 Å². The van der Waals surface area contributed by atoms with E-state index in [0.717, 1.165) is 0 Å². The second-order valence-electron chi connectivity index (χ2n) is 7.82. The Kier molecular flexibility index (Phi) is 10.1. The van der Waals surface area contributed by atoms with Crippen molar-refractivity contribution in [2.75, 3.05) is 13.2 Å². The molecule has 6 atom stereocenters. The molecule has 2 radical (unpaired) electrons. The molecule has 0 aromatic carbocycles. The third-order valence-electron chi connectivity index (χ3n) is 4.80. The van der Waals surface area contributed by atoms with Crippen molar-refractivity contribution in [3.63, 3.8) is 0 Å². The third-order valence-corrected chi connectivity index (χ3v) is 4.80. The zero-order valence-corrected chi connectivity index (χ0v) is 22.3. The number of aliphatic hydroxyl groups excluding tert-OH is 4. The van der Waals surface area contributed by atoms with Crippen molar-refractivity contribution in [2.24, 2.45) is 0 Å². The minimum Gasteiger partial charge on any atom is -0.392 e. The quantitative estimate of drug-likeness (QED) is 0.344. The average molecular weight is 550 g/mol. The standard InChI is InChI=1S/2C9H14O4.2Y/c2*1-9(2)12-7-5(4-10)3-6(11)8(7)13-9;;/h2*3,6-8,10-11H,4H2,1-2H3;;/t2*6-,7+,8-;;/m10../s1. The molecule has 2 fully saturated rings. The molecule has 2 heterocycles. The maximum absolute atomic E-state index is 9.54. The fraction of sp³-hybridized carbons (Fsp3) is 0.778. The molecule has 2 aliphatic carbocycles. The van der Waals surface area contributed by atoms with E-state index in [9.17, 15) is 10.2 Å². The first-order valence-electron chi connectivity index (χ1n) is 8.77. The minimum absolute atomic E-state index is 0. The average Bonchev–Trinajstić information content (AvgIpc) is 3.21. The van der Waals surface area contributed by atoms with Gasteiger partial charge in [0.1, 0.15) is 36.6 Å². The van der Waals surface area contributed by atoms with Crippen LogP contribution in [0.4, 0.5) is 0 Å². The van der Waals surface area contributed by atoms with Gasteiger partial charge in [0.15, 0.2) is 11.6 Å². The summed E-state index contributed by atoms with van der Waals surface area (Å²) in [6, 6.07) is 0. The summed E-state index contributed by atoms with van der Waals surface area (Å²) in [6.07, 6.45) is 0.622. The van der Waals surface area contributed by atoms with Crippen molar-refractivity contribution in [1.29, 1.82) is 0 Å². The van der Waals surface area contributed by atoms with Gasteiger partial charge in [-0.3, -0.25) is 0 Å². The van der Waals surface area contributed by atoms with Gasteiger partial charge in [-0.1, -0.05) is 0 Å². The molecule has 0 amide bonds. The van der Waals surface area contributed by atoms with E-state index in [1.807, 2.05) is 0 Å². The van der Waals surface area contributed by atoms with Crippen LogP contribution in [0.1, 0.15) is 27.7 Å². The van der Waals surface area contributed by atoms with E-state index in [-0.39, 0.29) is 103 Å². The molecule has 2 saturated heterocycles. The van der Waals surface area contributed by atoms with Gasteiger partial charge in [0.2, 0.25) is 0 Å². The van der Waals surface area contributed by atoms with E-state index in [2.05, 4.69) is 0 Å². The third kappa shape index (κ3) is 5.78. The summed E-state index contributed by atoms with van der Waals surface area (Å²) in [5, 5.41) is 37.1. The number of rotatable bonds is 2. The van der Waals surface area contributed by atoms with Crippen LogP contribution in [0.15, 0.2) is 23.3 Å². The van der Waals surface area contributed by atoms with E-state index in [1.54, 1.807) is 39.8 Å². The van der Waals surface area contributed by atoms with Crippen molar-refractivity contribution in [1.82, 2.24) is 0 Å². The zero-order valence-electron chi connectivity index (χ0n) is 16.6. The molecule has 4 rings (SSSR count). The Bertz CT molecular complexity index is 554. The Labute approximate surface area is 215 Å². The van der Waals surface area contributed by atoms with Gasteiger partial charge in [0.25, 0.3) is 0 Å². The zero-order chi connectivity index (χ0) is 19.3. The molecule has 2 aliphatic heterocycles. The molecule has 0 aromatic heterocycles. The van der Waals surface area contributed by atoms with Crippen LogP contribution < -0.4 is 0 Å². The molecule has 4 N–H and O–H groups in total. The van der Waals surface area contributed by atoms with Gasteiger partial charge in [-0.2, -0.15) is 0 Å². The number of fused-ring (bicyclic) bond motifs is 2. The van der Waals surface area contributed by atoms with Crippen LogP contribution in [0.5, 0.6) is 0 Å². The Balaban J connectivity index is 0.000000261. The van der Waals surface area contributed by atoms with Crippen molar-refractivity contribution in [3.8, 4) is 0 Å². The number of ether oxygens (including phenoxy) is 4. The van der Waals surface area contributed by atoms with Crippen molar-refractivity contribution < 1.29 is 105 Å². The van der Waals surface area contributed by atoms with Crippen LogP contribution in [0.25, 0.3) is 0 Å². The van der Waals surface area contributed by atoms with Gasteiger partial charge in [0, 0.05) is 65.4 Å². The summed E-state index contributed by atoms with van der Waals surface area (Å²) >= 11 is 0. The Morgan fingerprint density at radius 3 is 1.32 bits per heavy atom. The number of hydrogen-bond donors (Lipinski definition) is 4. The van der Waals surface area contributed by atoms with Crippen LogP contribution in [0, 0.1) is 0 Å². The van der Waals surface area contributed by atoms with E-state index in [1.165, 1.54) is 0 Å².